The number of ether oxygens (including phenoxy) is 3. The molecular weight excluding hydrogens is 200 g/mol. The molecule has 15 heavy (non-hydrogen) atoms. The van der Waals surface area contributed by atoms with Crippen molar-refractivity contribution >= 4 is 5.97 Å². The molecule has 0 bridgehead atoms. The van der Waals surface area contributed by atoms with Gasteiger partial charge in [0.2, 0.25) is 0 Å². The van der Waals surface area contributed by atoms with E-state index < -0.39 is 0 Å². The highest BCUT2D eigenvalue weighted by molar-refractivity contribution is 5.69. The number of rotatable bonds is 7. The Bertz CT molecular complexity index is 127. The minimum absolute atomic E-state index is 0.00288. The van der Waals surface area contributed by atoms with Crippen LogP contribution in [0.2, 0.25) is 0 Å². The van der Waals surface area contributed by atoms with Crippen LogP contribution >= 0.6 is 0 Å². The Morgan fingerprint density at radius 3 is 2.27 bits per heavy atom. The van der Waals surface area contributed by atoms with Gasteiger partial charge in [0.05, 0.1) is 19.8 Å². The standard InChI is InChI=1S/C8H16O4.C2H6O/c1-2-3-8(10)12-7-6-11-5-4-9;1-3-2/h9H,2-7H2,1H3;1-2H3. The van der Waals surface area contributed by atoms with Crippen molar-refractivity contribution in [1.29, 1.82) is 0 Å². The Labute approximate surface area is 91.3 Å². The van der Waals surface area contributed by atoms with E-state index in [1.54, 1.807) is 14.2 Å². The average molecular weight is 222 g/mol. The van der Waals surface area contributed by atoms with Crippen LogP contribution in [0.25, 0.3) is 0 Å². The molecule has 0 aromatic carbocycles. The highest BCUT2D eigenvalue weighted by atomic mass is 16.6. The van der Waals surface area contributed by atoms with Crippen molar-refractivity contribution in [3.8, 4) is 0 Å². The van der Waals surface area contributed by atoms with E-state index in [0.29, 0.717) is 19.6 Å². The molecule has 0 unspecified atom stereocenters. The molecular formula is C10H22O5. The van der Waals surface area contributed by atoms with E-state index >= 15 is 0 Å². The summed E-state index contributed by atoms with van der Waals surface area (Å²) in [5, 5.41) is 8.33. The van der Waals surface area contributed by atoms with Gasteiger partial charge in [0.1, 0.15) is 6.61 Å². The third-order valence-electron chi connectivity index (χ3n) is 1.18. The Morgan fingerprint density at radius 1 is 1.20 bits per heavy atom. The van der Waals surface area contributed by atoms with Gasteiger partial charge in [-0.25, -0.2) is 0 Å². The molecule has 0 aliphatic rings. The largest absolute Gasteiger partial charge is 0.463 e. The van der Waals surface area contributed by atoms with Gasteiger partial charge in [-0.1, -0.05) is 6.92 Å². The smallest absolute Gasteiger partial charge is 0.305 e. The first-order chi connectivity index (χ1) is 7.22. The van der Waals surface area contributed by atoms with Crippen LogP contribution in [0.1, 0.15) is 19.8 Å². The second-order valence-electron chi connectivity index (χ2n) is 2.71. The van der Waals surface area contributed by atoms with Gasteiger partial charge in [0.15, 0.2) is 0 Å². The number of carbonyl (C=O) groups is 1. The number of hydrogen-bond acceptors (Lipinski definition) is 5. The minimum atomic E-state index is -0.190. The topological polar surface area (TPSA) is 65.0 Å². The normalized spacial score (nSPS) is 9.07. The lowest BCUT2D eigenvalue weighted by Crippen LogP contribution is -2.11. The molecule has 1 N–H and O–H groups in total. The van der Waals surface area contributed by atoms with Crippen LogP contribution < -0.4 is 0 Å². The Balaban J connectivity index is 0. The molecule has 92 valence electrons. The van der Waals surface area contributed by atoms with Crippen molar-refractivity contribution in [2.45, 2.75) is 19.8 Å². The fraction of sp³-hybridized carbons (Fsp3) is 0.900. The third-order valence-corrected chi connectivity index (χ3v) is 1.18. The maximum atomic E-state index is 10.7. The molecule has 5 heteroatoms. The van der Waals surface area contributed by atoms with Crippen molar-refractivity contribution in [2.24, 2.45) is 0 Å². The van der Waals surface area contributed by atoms with Crippen LogP contribution in [0.15, 0.2) is 0 Å². The highest BCUT2D eigenvalue weighted by Crippen LogP contribution is 1.90. The van der Waals surface area contributed by atoms with Crippen LogP contribution in [0, 0.1) is 0 Å². The predicted octanol–water partition coefficient (Wildman–Crippen LogP) is 0.601. The molecule has 0 atom stereocenters. The number of esters is 1. The summed E-state index contributed by atoms with van der Waals surface area (Å²) in [4.78, 5) is 10.7. The van der Waals surface area contributed by atoms with Gasteiger partial charge in [0.25, 0.3) is 0 Å². The lowest BCUT2D eigenvalue weighted by atomic mass is 10.3. The number of aliphatic hydroxyl groups is 1. The lowest BCUT2D eigenvalue weighted by molar-refractivity contribution is -0.145. The maximum Gasteiger partial charge on any atom is 0.305 e. The van der Waals surface area contributed by atoms with E-state index in [4.69, 9.17) is 14.6 Å². The van der Waals surface area contributed by atoms with Crippen LogP contribution in [-0.4, -0.2) is 51.7 Å². The monoisotopic (exact) mass is 222 g/mol. The highest BCUT2D eigenvalue weighted by Gasteiger charge is 1.98. The molecule has 0 heterocycles. The molecule has 0 spiro atoms. The lowest BCUT2D eigenvalue weighted by Gasteiger charge is -2.03. The molecule has 0 saturated heterocycles. The molecule has 0 amide bonds. The molecule has 0 aromatic rings. The van der Waals surface area contributed by atoms with Gasteiger partial charge in [-0.2, -0.15) is 0 Å². The van der Waals surface area contributed by atoms with Crippen molar-refractivity contribution in [3.63, 3.8) is 0 Å². The van der Waals surface area contributed by atoms with E-state index in [1.165, 1.54) is 0 Å². The Morgan fingerprint density at radius 2 is 1.80 bits per heavy atom. The summed E-state index contributed by atoms with van der Waals surface area (Å²) < 4.78 is 13.9. The molecule has 0 aliphatic heterocycles. The van der Waals surface area contributed by atoms with Crippen molar-refractivity contribution < 1.29 is 24.1 Å². The van der Waals surface area contributed by atoms with Crippen LogP contribution in [-0.2, 0) is 19.0 Å². The van der Waals surface area contributed by atoms with Crippen LogP contribution in [0.5, 0.6) is 0 Å². The van der Waals surface area contributed by atoms with Gasteiger partial charge >= 0.3 is 5.97 Å². The van der Waals surface area contributed by atoms with Gasteiger partial charge in [-0.15, -0.1) is 0 Å². The zero-order valence-electron chi connectivity index (χ0n) is 9.82. The fourth-order valence-electron chi connectivity index (χ4n) is 0.657. The van der Waals surface area contributed by atoms with E-state index in [0.717, 1.165) is 6.42 Å². The van der Waals surface area contributed by atoms with E-state index in [1.807, 2.05) is 6.92 Å². The quantitative estimate of drug-likeness (QED) is 0.505. The van der Waals surface area contributed by atoms with Crippen molar-refractivity contribution in [3.05, 3.63) is 0 Å². The predicted molar refractivity (Wildman–Crippen MR) is 56.7 cm³/mol. The fourth-order valence-corrected chi connectivity index (χ4v) is 0.657. The third kappa shape index (κ3) is 19.7. The SMILES string of the molecule is CCCC(=O)OCCOCCO.COC. The summed E-state index contributed by atoms with van der Waals surface area (Å²) in [6.45, 7) is 2.85. The number of aliphatic hydroxyl groups excluding tert-OH is 1. The van der Waals surface area contributed by atoms with Crippen LogP contribution in [0.3, 0.4) is 0 Å². The summed E-state index contributed by atoms with van der Waals surface area (Å²) in [5.74, 6) is -0.190. The van der Waals surface area contributed by atoms with Gasteiger partial charge in [0, 0.05) is 20.6 Å². The molecule has 5 nitrogen and oxygen atoms in total. The molecule has 0 rings (SSSR count). The molecule has 0 aromatic heterocycles. The first-order valence-corrected chi connectivity index (χ1v) is 4.97. The van der Waals surface area contributed by atoms with Crippen LogP contribution in [0.4, 0.5) is 0 Å². The summed E-state index contributed by atoms with van der Waals surface area (Å²) in [5.41, 5.74) is 0. The summed E-state index contributed by atoms with van der Waals surface area (Å²) in [6, 6.07) is 0. The minimum Gasteiger partial charge on any atom is -0.463 e. The zero-order chi connectivity index (χ0) is 11.9. The first kappa shape index (κ1) is 16.8. The molecule has 0 fully saturated rings. The summed E-state index contributed by atoms with van der Waals surface area (Å²) in [6.07, 6.45) is 1.26. The maximum absolute atomic E-state index is 10.7. The number of hydrogen-bond donors (Lipinski definition) is 1. The number of methoxy groups -OCH3 is 1. The summed E-state index contributed by atoms with van der Waals surface area (Å²) in [7, 11) is 3.25. The van der Waals surface area contributed by atoms with E-state index in [-0.39, 0.29) is 19.2 Å². The second kappa shape index (κ2) is 15.8. The van der Waals surface area contributed by atoms with Gasteiger partial charge in [-0.05, 0) is 6.42 Å². The first-order valence-electron chi connectivity index (χ1n) is 4.97. The molecule has 0 aliphatic carbocycles. The van der Waals surface area contributed by atoms with Gasteiger partial charge < -0.3 is 19.3 Å². The Kier molecular flexibility index (Phi) is 17.7. The molecule has 0 radical (unpaired) electrons. The summed E-state index contributed by atoms with van der Waals surface area (Å²) >= 11 is 0. The average Bonchev–Trinajstić information content (AvgIpc) is 2.19. The van der Waals surface area contributed by atoms with Crippen molar-refractivity contribution in [1.82, 2.24) is 0 Å². The number of carbonyl (C=O) groups excluding carboxylic acids is 1. The van der Waals surface area contributed by atoms with E-state index in [2.05, 4.69) is 4.74 Å². The molecule has 0 saturated carbocycles. The van der Waals surface area contributed by atoms with Gasteiger partial charge in [-0.3, -0.25) is 4.79 Å². The Hall–Kier alpha value is -0.650. The van der Waals surface area contributed by atoms with Crippen molar-refractivity contribution in [2.75, 3.05) is 40.6 Å². The zero-order valence-corrected chi connectivity index (χ0v) is 9.82. The second-order valence-corrected chi connectivity index (χ2v) is 2.71. The van der Waals surface area contributed by atoms with E-state index in [9.17, 15) is 4.79 Å².